The average molecular weight is 269 g/mol. The van der Waals surface area contributed by atoms with Gasteiger partial charge >= 0.3 is 0 Å². The number of fused-ring (bicyclic) bond motifs is 1. The molecule has 2 rings (SSSR count). The van der Waals surface area contributed by atoms with E-state index in [9.17, 15) is 8.42 Å². The van der Waals surface area contributed by atoms with Gasteiger partial charge in [0.1, 0.15) is 5.75 Å². The molecule has 0 amide bonds. The molecular formula is C13H19NO3S. The first-order valence-electron chi connectivity index (χ1n) is 6.35. The smallest absolute Gasteiger partial charge is 0.240 e. The van der Waals surface area contributed by atoms with Crippen molar-refractivity contribution in [3.05, 3.63) is 23.8 Å². The van der Waals surface area contributed by atoms with Crippen molar-refractivity contribution in [1.29, 1.82) is 0 Å². The lowest BCUT2D eigenvalue weighted by Gasteiger charge is -2.15. The van der Waals surface area contributed by atoms with Crippen molar-refractivity contribution in [3.63, 3.8) is 0 Å². The molecule has 0 atom stereocenters. The van der Waals surface area contributed by atoms with Crippen molar-refractivity contribution in [1.82, 2.24) is 4.72 Å². The minimum absolute atomic E-state index is 0.000459. The van der Waals surface area contributed by atoms with Crippen molar-refractivity contribution >= 4 is 10.0 Å². The third-order valence-corrected chi connectivity index (χ3v) is 4.80. The van der Waals surface area contributed by atoms with Gasteiger partial charge in [-0.15, -0.1) is 0 Å². The van der Waals surface area contributed by atoms with Crippen molar-refractivity contribution < 1.29 is 13.2 Å². The monoisotopic (exact) mass is 269 g/mol. The van der Waals surface area contributed by atoms with Crippen LogP contribution in [-0.4, -0.2) is 21.1 Å². The number of ether oxygens (including phenoxy) is 1. The number of hydrogen-bond acceptors (Lipinski definition) is 3. The van der Waals surface area contributed by atoms with Crippen LogP contribution in [0.15, 0.2) is 23.1 Å². The highest BCUT2D eigenvalue weighted by Crippen LogP contribution is 2.27. The van der Waals surface area contributed by atoms with E-state index in [1.807, 2.05) is 13.8 Å². The minimum atomic E-state index is -3.41. The van der Waals surface area contributed by atoms with Gasteiger partial charge in [0.25, 0.3) is 0 Å². The molecule has 0 saturated heterocycles. The van der Waals surface area contributed by atoms with Crippen LogP contribution in [0.5, 0.6) is 5.75 Å². The van der Waals surface area contributed by atoms with Crippen LogP contribution < -0.4 is 9.46 Å². The summed E-state index contributed by atoms with van der Waals surface area (Å²) in [6.45, 7) is 4.60. The summed E-state index contributed by atoms with van der Waals surface area (Å²) in [7, 11) is -3.41. The van der Waals surface area contributed by atoms with E-state index in [1.165, 1.54) is 0 Å². The quantitative estimate of drug-likeness (QED) is 0.890. The lowest BCUT2D eigenvalue weighted by Crippen LogP contribution is -2.33. The van der Waals surface area contributed by atoms with E-state index in [0.717, 1.165) is 30.6 Å². The van der Waals surface area contributed by atoms with Gasteiger partial charge in [0, 0.05) is 12.5 Å². The highest BCUT2D eigenvalue weighted by molar-refractivity contribution is 7.89. The lowest BCUT2D eigenvalue weighted by atomic mass is 10.2. The van der Waals surface area contributed by atoms with Gasteiger partial charge in [0.2, 0.25) is 10.0 Å². The zero-order valence-electron chi connectivity index (χ0n) is 10.8. The minimum Gasteiger partial charge on any atom is -0.493 e. The largest absolute Gasteiger partial charge is 0.493 e. The molecule has 1 aromatic rings. The van der Waals surface area contributed by atoms with E-state index < -0.39 is 10.0 Å². The fourth-order valence-electron chi connectivity index (χ4n) is 2.07. The van der Waals surface area contributed by atoms with Crippen LogP contribution in [0.2, 0.25) is 0 Å². The standard InChI is InChI=1S/C13H19NO3S/c1-3-11(4-2)14-18(15,16)12-5-6-13-10(9-12)7-8-17-13/h5-6,9,11,14H,3-4,7-8H2,1-2H3. The van der Waals surface area contributed by atoms with Crippen LogP contribution in [0.25, 0.3) is 0 Å². The Morgan fingerprint density at radius 1 is 1.33 bits per heavy atom. The Balaban J connectivity index is 2.24. The van der Waals surface area contributed by atoms with Crippen LogP contribution in [0.3, 0.4) is 0 Å². The molecule has 0 fully saturated rings. The molecule has 1 N–H and O–H groups in total. The predicted octanol–water partition coefficient (Wildman–Crippen LogP) is 2.09. The van der Waals surface area contributed by atoms with Crippen LogP contribution in [0.4, 0.5) is 0 Å². The SMILES string of the molecule is CCC(CC)NS(=O)(=O)c1ccc2c(c1)CCO2. The summed E-state index contributed by atoms with van der Waals surface area (Å²) in [5, 5.41) is 0. The molecule has 18 heavy (non-hydrogen) atoms. The Kier molecular flexibility index (Phi) is 3.92. The predicted molar refractivity (Wildman–Crippen MR) is 70.3 cm³/mol. The number of sulfonamides is 1. The molecule has 1 aliphatic rings. The van der Waals surface area contributed by atoms with Crippen LogP contribution >= 0.6 is 0 Å². The zero-order chi connectivity index (χ0) is 13.2. The van der Waals surface area contributed by atoms with E-state index in [1.54, 1.807) is 18.2 Å². The maximum atomic E-state index is 12.2. The van der Waals surface area contributed by atoms with E-state index in [4.69, 9.17) is 4.74 Å². The van der Waals surface area contributed by atoms with Gasteiger partial charge in [-0.05, 0) is 36.6 Å². The topological polar surface area (TPSA) is 55.4 Å². The summed E-state index contributed by atoms with van der Waals surface area (Å²) in [6.07, 6.45) is 2.37. The normalized spacial score (nSPS) is 14.6. The second-order valence-corrected chi connectivity index (χ2v) is 6.22. The first-order chi connectivity index (χ1) is 8.56. The molecule has 0 bridgehead atoms. The molecule has 100 valence electrons. The molecule has 5 heteroatoms. The maximum Gasteiger partial charge on any atom is 0.240 e. The molecule has 1 heterocycles. The van der Waals surface area contributed by atoms with Gasteiger partial charge in [0.05, 0.1) is 11.5 Å². The van der Waals surface area contributed by atoms with Crippen molar-refractivity contribution in [2.45, 2.75) is 44.0 Å². The van der Waals surface area contributed by atoms with E-state index in [0.29, 0.717) is 11.5 Å². The van der Waals surface area contributed by atoms with Crippen LogP contribution in [0, 0.1) is 0 Å². The summed E-state index contributed by atoms with van der Waals surface area (Å²) in [5.41, 5.74) is 0.974. The van der Waals surface area contributed by atoms with Crippen molar-refractivity contribution in [2.75, 3.05) is 6.61 Å². The molecule has 0 spiro atoms. The van der Waals surface area contributed by atoms with Crippen LogP contribution in [-0.2, 0) is 16.4 Å². The molecule has 1 aliphatic heterocycles. The first-order valence-corrected chi connectivity index (χ1v) is 7.83. The molecule has 1 aromatic carbocycles. The zero-order valence-corrected chi connectivity index (χ0v) is 11.6. The van der Waals surface area contributed by atoms with Crippen LogP contribution in [0.1, 0.15) is 32.3 Å². The average Bonchev–Trinajstić information content (AvgIpc) is 2.83. The number of nitrogens with one attached hydrogen (secondary N) is 1. The fourth-order valence-corrected chi connectivity index (χ4v) is 3.53. The first kappa shape index (κ1) is 13.4. The molecule has 0 unspecified atom stereocenters. The second-order valence-electron chi connectivity index (χ2n) is 4.50. The third kappa shape index (κ3) is 2.67. The molecule has 0 aromatic heterocycles. The lowest BCUT2D eigenvalue weighted by molar-refractivity contribution is 0.356. The summed E-state index contributed by atoms with van der Waals surface area (Å²) in [5.74, 6) is 0.802. The highest BCUT2D eigenvalue weighted by Gasteiger charge is 2.21. The Hall–Kier alpha value is -1.07. The van der Waals surface area contributed by atoms with Gasteiger partial charge in [-0.1, -0.05) is 13.8 Å². The molecular weight excluding hydrogens is 250 g/mol. The highest BCUT2D eigenvalue weighted by atomic mass is 32.2. The van der Waals surface area contributed by atoms with Gasteiger partial charge in [-0.3, -0.25) is 0 Å². The van der Waals surface area contributed by atoms with E-state index >= 15 is 0 Å². The van der Waals surface area contributed by atoms with Gasteiger partial charge in [-0.25, -0.2) is 13.1 Å². The Bertz CT molecular complexity index is 521. The Morgan fingerprint density at radius 2 is 2.06 bits per heavy atom. The molecule has 0 aliphatic carbocycles. The second kappa shape index (κ2) is 5.28. The maximum absolute atomic E-state index is 12.2. The number of hydrogen-bond donors (Lipinski definition) is 1. The molecule has 0 radical (unpaired) electrons. The van der Waals surface area contributed by atoms with Gasteiger partial charge in [-0.2, -0.15) is 0 Å². The fraction of sp³-hybridized carbons (Fsp3) is 0.538. The summed E-state index contributed by atoms with van der Waals surface area (Å²) >= 11 is 0. The van der Waals surface area contributed by atoms with Crippen molar-refractivity contribution in [3.8, 4) is 5.75 Å². The Labute approximate surface area is 108 Å². The molecule has 0 saturated carbocycles. The summed E-state index contributed by atoms with van der Waals surface area (Å²) < 4.78 is 32.5. The van der Waals surface area contributed by atoms with Gasteiger partial charge < -0.3 is 4.74 Å². The third-order valence-electron chi connectivity index (χ3n) is 3.28. The summed E-state index contributed by atoms with van der Waals surface area (Å²) in [6, 6.07) is 5.06. The number of rotatable bonds is 5. The van der Waals surface area contributed by atoms with E-state index in [2.05, 4.69) is 4.72 Å². The molecule has 4 nitrogen and oxygen atoms in total. The summed E-state index contributed by atoms with van der Waals surface area (Å²) in [4.78, 5) is 0.332. The number of benzene rings is 1. The Morgan fingerprint density at radius 3 is 2.72 bits per heavy atom. The van der Waals surface area contributed by atoms with Crippen molar-refractivity contribution in [2.24, 2.45) is 0 Å². The van der Waals surface area contributed by atoms with E-state index in [-0.39, 0.29) is 6.04 Å². The van der Waals surface area contributed by atoms with Gasteiger partial charge in [0.15, 0.2) is 0 Å².